The van der Waals surface area contributed by atoms with E-state index in [9.17, 15) is 17.8 Å². The molecule has 25 heavy (non-hydrogen) atoms. The fourth-order valence-corrected chi connectivity index (χ4v) is 2.32. The molecule has 1 aromatic heterocycles. The number of carbonyl (C=O) groups excluding carboxylic acids is 1. The van der Waals surface area contributed by atoms with Crippen LogP contribution in [0.4, 0.5) is 0 Å². The fourth-order valence-electron chi connectivity index (χ4n) is 1.66. The van der Waals surface area contributed by atoms with Gasteiger partial charge in [-0.05, 0) is 42.8 Å². The minimum absolute atomic E-state index is 0. The van der Waals surface area contributed by atoms with Gasteiger partial charge in [-0.25, -0.2) is 13.8 Å². The maximum atomic E-state index is 11.6. The number of furan rings is 1. The molecule has 0 saturated carbocycles. The molecule has 0 fully saturated rings. The minimum Gasteiger partial charge on any atom is -0.742 e. The summed E-state index contributed by atoms with van der Waals surface area (Å²) in [4.78, 5) is 11.6. The fraction of sp³-hybridized carbons (Fsp3) is 0.143. The molecule has 0 radical (unpaired) electrons. The van der Waals surface area contributed by atoms with Crippen LogP contribution in [-0.4, -0.2) is 31.7 Å². The van der Waals surface area contributed by atoms with E-state index in [1.807, 2.05) is 0 Å². The first-order valence-corrected chi connectivity index (χ1v) is 8.31. The molecule has 0 saturated heterocycles. The first-order valence-electron chi connectivity index (χ1n) is 6.52. The van der Waals surface area contributed by atoms with Gasteiger partial charge in [0.2, 0.25) is 5.09 Å². The zero-order valence-corrected chi connectivity index (χ0v) is 16.9. The molecule has 0 atom stereocenters. The number of carbonyl (C=O) groups is 1. The largest absolute Gasteiger partial charge is 1.00 e. The normalized spacial score (nSPS) is 11.2. The Hall–Kier alpha value is -1.36. The number of benzene rings is 1. The average molecular weight is 395 g/mol. The second-order valence-electron chi connectivity index (χ2n) is 4.60. The number of hydrogen-bond donors (Lipinski definition) is 1. The number of ether oxygens (including phenoxy) is 1. The predicted octanol–water partition coefficient (Wildman–Crippen LogP) is -1.32. The SMILES string of the molecule is Cc1cc(Cl)ccc1OCC(=O)NN=Cc1ccc(S(=O)(=O)[O-])o1.[Na+]. The Labute approximate surface area is 171 Å². The second-order valence-corrected chi connectivity index (χ2v) is 6.35. The van der Waals surface area contributed by atoms with Crippen LogP contribution in [-0.2, 0) is 14.9 Å². The molecule has 2 aromatic rings. The van der Waals surface area contributed by atoms with E-state index in [0.717, 1.165) is 17.8 Å². The van der Waals surface area contributed by atoms with Gasteiger partial charge in [0.15, 0.2) is 16.7 Å². The number of hydrazone groups is 1. The van der Waals surface area contributed by atoms with Gasteiger partial charge in [-0.3, -0.25) is 4.79 Å². The Bertz CT molecular complexity index is 881. The van der Waals surface area contributed by atoms with Crippen LogP contribution in [0.2, 0.25) is 5.02 Å². The van der Waals surface area contributed by atoms with Gasteiger partial charge in [-0.2, -0.15) is 5.10 Å². The quantitative estimate of drug-likeness (QED) is 0.281. The van der Waals surface area contributed by atoms with E-state index in [1.165, 1.54) is 6.07 Å². The van der Waals surface area contributed by atoms with Gasteiger partial charge in [-0.1, -0.05) is 11.6 Å². The van der Waals surface area contributed by atoms with Gasteiger partial charge in [-0.15, -0.1) is 0 Å². The zero-order chi connectivity index (χ0) is 17.7. The van der Waals surface area contributed by atoms with Crippen molar-refractivity contribution in [3.63, 3.8) is 0 Å². The molecule has 128 valence electrons. The second kappa shape index (κ2) is 9.37. The number of halogens is 1. The van der Waals surface area contributed by atoms with Crippen LogP contribution in [0, 0.1) is 6.92 Å². The summed E-state index contributed by atoms with van der Waals surface area (Å²) in [6, 6.07) is 7.21. The Morgan fingerprint density at radius 1 is 1.40 bits per heavy atom. The van der Waals surface area contributed by atoms with E-state index < -0.39 is 21.1 Å². The van der Waals surface area contributed by atoms with Crippen molar-refractivity contribution in [3.05, 3.63) is 46.7 Å². The Morgan fingerprint density at radius 2 is 2.12 bits per heavy atom. The Kier molecular flexibility index (Phi) is 8.13. The monoisotopic (exact) mass is 394 g/mol. The van der Waals surface area contributed by atoms with Crippen molar-refractivity contribution in [2.24, 2.45) is 5.10 Å². The summed E-state index contributed by atoms with van der Waals surface area (Å²) >= 11 is 5.82. The van der Waals surface area contributed by atoms with Crippen LogP contribution < -0.4 is 39.7 Å². The van der Waals surface area contributed by atoms with Gasteiger partial charge < -0.3 is 13.7 Å². The molecule has 8 nitrogen and oxygen atoms in total. The standard InChI is InChI=1S/C14H13ClN2O6S.Na/c1-9-6-10(15)2-4-12(9)22-8-13(18)17-16-7-11-3-5-14(23-11)24(19,20)21;/h2-7H,8H2,1H3,(H,17,18)(H,19,20,21);/q;+1/p-1. The molecule has 0 unspecified atom stereocenters. The number of hydrogen-bond acceptors (Lipinski definition) is 7. The molecule has 0 spiro atoms. The minimum atomic E-state index is -4.66. The van der Waals surface area contributed by atoms with Gasteiger partial charge in [0, 0.05) is 5.02 Å². The van der Waals surface area contributed by atoms with Crippen molar-refractivity contribution in [1.82, 2.24) is 5.43 Å². The first kappa shape index (κ1) is 21.7. The molecular formula is C14H12ClN2NaO6S. The number of aryl methyl sites for hydroxylation is 1. The molecule has 1 N–H and O–H groups in total. The summed E-state index contributed by atoms with van der Waals surface area (Å²) in [7, 11) is -4.66. The van der Waals surface area contributed by atoms with Gasteiger partial charge in [0.05, 0.1) is 6.21 Å². The third kappa shape index (κ3) is 6.81. The summed E-state index contributed by atoms with van der Waals surface area (Å²) in [5.74, 6) is -0.0297. The summed E-state index contributed by atoms with van der Waals surface area (Å²) in [5.41, 5.74) is 2.95. The molecular weight excluding hydrogens is 383 g/mol. The van der Waals surface area contributed by atoms with E-state index in [2.05, 4.69) is 10.5 Å². The van der Waals surface area contributed by atoms with Crippen molar-refractivity contribution >= 4 is 33.8 Å². The van der Waals surface area contributed by atoms with Crippen LogP contribution in [0.1, 0.15) is 11.3 Å². The maximum Gasteiger partial charge on any atom is 1.00 e. The van der Waals surface area contributed by atoms with Gasteiger partial charge >= 0.3 is 29.6 Å². The molecule has 0 bridgehead atoms. The van der Waals surface area contributed by atoms with Crippen molar-refractivity contribution in [2.45, 2.75) is 12.0 Å². The molecule has 0 aliphatic heterocycles. The van der Waals surface area contributed by atoms with Gasteiger partial charge in [0.1, 0.15) is 11.5 Å². The first-order chi connectivity index (χ1) is 11.3. The molecule has 0 aliphatic rings. The molecule has 1 aromatic carbocycles. The van der Waals surface area contributed by atoms with E-state index in [4.69, 9.17) is 20.8 Å². The van der Waals surface area contributed by atoms with E-state index >= 15 is 0 Å². The van der Waals surface area contributed by atoms with Crippen molar-refractivity contribution in [1.29, 1.82) is 0 Å². The van der Waals surface area contributed by atoms with E-state index in [-0.39, 0.29) is 41.9 Å². The summed E-state index contributed by atoms with van der Waals surface area (Å²) in [6.45, 7) is 1.51. The number of nitrogens with one attached hydrogen (secondary N) is 1. The van der Waals surface area contributed by atoms with Crippen molar-refractivity contribution < 1.29 is 56.5 Å². The summed E-state index contributed by atoms with van der Waals surface area (Å²) < 4.78 is 42.2. The van der Waals surface area contributed by atoms with Crippen LogP contribution >= 0.6 is 11.6 Å². The van der Waals surface area contributed by atoms with Crippen LogP contribution in [0.5, 0.6) is 5.75 Å². The van der Waals surface area contributed by atoms with E-state index in [0.29, 0.717) is 10.8 Å². The van der Waals surface area contributed by atoms with Crippen LogP contribution in [0.15, 0.2) is 44.9 Å². The Balaban J connectivity index is 0.00000312. The maximum absolute atomic E-state index is 11.6. The van der Waals surface area contributed by atoms with E-state index in [1.54, 1.807) is 25.1 Å². The average Bonchev–Trinajstić information content (AvgIpc) is 2.95. The smallest absolute Gasteiger partial charge is 0.742 e. The molecule has 0 aliphatic carbocycles. The third-order valence-corrected chi connectivity index (χ3v) is 3.67. The summed E-state index contributed by atoms with van der Waals surface area (Å²) in [5, 5.41) is 3.41. The number of rotatable bonds is 6. The van der Waals surface area contributed by atoms with Crippen LogP contribution in [0.25, 0.3) is 0 Å². The van der Waals surface area contributed by atoms with Crippen molar-refractivity contribution in [2.75, 3.05) is 6.61 Å². The van der Waals surface area contributed by atoms with Crippen molar-refractivity contribution in [3.8, 4) is 5.75 Å². The molecule has 1 amide bonds. The summed E-state index contributed by atoms with van der Waals surface area (Å²) in [6.07, 6.45) is 1.06. The molecule has 2 rings (SSSR count). The zero-order valence-electron chi connectivity index (χ0n) is 13.4. The van der Waals surface area contributed by atoms with Crippen LogP contribution in [0.3, 0.4) is 0 Å². The molecule has 1 heterocycles. The predicted molar refractivity (Wildman–Crippen MR) is 84.1 cm³/mol. The number of nitrogens with zero attached hydrogens (tertiary/aromatic N) is 1. The topological polar surface area (TPSA) is 121 Å². The van der Waals surface area contributed by atoms with Gasteiger partial charge in [0.25, 0.3) is 5.91 Å². The molecule has 11 heteroatoms. The third-order valence-electron chi connectivity index (χ3n) is 2.73. The Morgan fingerprint density at radius 3 is 2.72 bits per heavy atom. The number of amides is 1.